The highest BCUT2D eigenvalue weighted by Crippen LogP contribution is 2.25. The quantitative estimate of drug-likeness (QED) is 0.594. The Balaban J connectivity index is 1.65. The van der Waals surface area contributed by atoms with Crippen molar-refractivity contribution in [3.05, 3.63) is 71.1 Å². The summed E-state index contributed by atoms with van der Waals surface area (Å²) in [7, 11) is 1.68. The molecule has 3 rings (SSSR count). The smallest absolute Gasteiger partial charge is 0.338 e. The predicted molar refractivity (Wildman–Crippen MR) is 114 cm³/mol. The molecule has 0 saturated carbocycles. The van der Waals surface area contributed by atoms with Gasteiger partial charge in [-0.15, -0.1) is 0 Å². The van der Waals surface area contributed by atoms with Crippen molar-refractivity contribution in [3.63, 3.8) is 0 Å². The van der Waals surface area contributed by atoms with E-state index in [1.165, 1.54) is 4.90 Å². The number of oxazole rings is 1. The summed E-state index contributed by atoms with van der Waals surface area (Å²) in [4.78, 5) is 30.4. The summed E-state index contributed by atoms with van der Waals surface area (Å²) >= 11 is 0. The average Bonchev–Trinajstić information content (AvgIpc) is 3.09. The first kappa shape index (κ1) is 21.1. The molecule has 3 aromatic rings. The van der Waals surface area contributed by atoms with Crippen LogP contribution in [-0.2, 0) is 11.3 Å². The van der Waals surface area contributed by atoms with E-state index in [1.54, 1.807) is 38.2 Å². The van der Waals surface area contributed by atoms with Crippen LogP contribution >= 0.6 is 0 Å². The number of hydrogen-bond donors (Lipinski definition) is 1. The van der Waals surface area contributed by atoms with Crippen molar-refractivity contribution < 1.29 is 18.7 Å². The highest BCUT2D eigenvalue weighted by molar-refractivity contribution is 5.92. The van der Waals surface area contributed by atoms with Gasteiger partial charge in [0, 0.05) is 18.3 Å². The standard InChI is InChI=1S/C23H25N3O4/c1-5-29-22(27)17-10-12-18(13-11-17)24-23(28)26(4)14-20-16(3)30-21(25-20)19-9-7-6-8-15(19)2/h6-13H,5,14H2,1-4H3,(H,24,28). The number of carbonyl (C=O) groups is 2. The molecule has 1 aromatic heterocycles. The molecule has 0 aliphatic carbocycles. The zero-order chi connectivity index (χ0) is 21.7. The maximum atomic E-state index is 12.5. The molecule has 0 bridgehead atoms. The molecule has 0 fully saturated rings. The van der Waals surface area contributed by atoms with Gasteiger partial charge in [0.2, 0.25) is 5.89 Å². The van der Waals surface area contributed by atoms with Crippen molar-refractivity contribution in [2.75, 3.05) is 19.0 Å². The van der Waals surface area contributed by atoms with Crippen molar-refractivity contribution in [1.29, 1.82) is 0 Å². The number of aryl methyl sites for hydroxylation is 2. The van der Waals surface area contributed by atoms with Crippen LogP contribution in [0.4, 0.5) is 10.5 Å². The lowest BCUT2D eigenvalue weighted by Gasteiger charge is -2.17. The molecule has 7 heteroatoms. The van der Waals surface area contributed by atoms with E-state index < -0.39 is 5.97 Å². The largest absolute Gasteiger partial charge is 0.462 e. The van der Waals surface area contributed by atoms with E-state index in [1.807, 2.05) is 38.1 Å². The summed E-state index contributed by atoms with van der Waals surface area (Å²) in [5, 5.41) is 2.80. The average molecular weight is 407 g/mol. The third kappa shape index (κ3) is 4.86. The summed E-state index contributed by atoms with van der Waals surface area (Å²) in [5.41, 5.74) is 3.72. The second kappa shape index (κ2) is 9.26. The number of rotatable bonds is 6. The number of hydrogen-bond acceptors (Lipinski definition) is 5. The highest BCUT2D eigenvalue weighted by Gasteiger charge is 2.17. The van der Waals surface area contributed by atoms with Gasteiger partial charge in [0.05, 0.1) is 18.7 Å². The maximum absolute atomic E-state index is 12.5. The molecular weight excluding hydrogens is 382 g/mol. The number of esters is 1. The van der Waals surface area contributed by atoms with Crippen LogP contribution in [0.3, 0.4) is 0 Å². The summed E-state index contributed by atoms with van der Waals surface area (Å²) in [6.45, 7) is 6.21. The number of urea groups is 1. The Hall–Kier alpha value is -3.61. The van der Waals surface area contributed by atoms with Gasteiger partial charge in [-0.3, -0.25) is 0 Å². The maximum Gasteiger partial charge on any atom is 0.338 e. The number of ether oxygens (including phenoxy) is 1. The number of carbonyl (C=O) groups excluding carboxylic acids is 2. The fourth-order valence-corrected chi connectivity index (χ4v) is 2.92. The number of nitrogens with zero attached hydrogens (tertiary/aromatic N) is 2. The Morgan fingerprint density at radius 1 is 1.10 bits per heavy atom. The lowest BCUT2D eigenvalue weighted by Crippen LogP contribution is -2.31. The molecule has 30 heavy (non-hydrogen) atoms. The van der Waals surface area contributed by atoms with Gasteiger partial charge in [-0.2, -0.15) is 0 Å². The van der Waals surface area contributed by atoms with Crippen LogP contribution in [0.1, 0.15) is 34.3 Å². The second-order valence-electron chi connectivity index (χ2n) is 6.92. The van der Waals surface area contributed by atoms with Gasteiger partial charge in [0.25, 0.3) is 0 Å². The minimum Gasteiger partial charge on any atom is -0.462 e. The second-order valence-corrected chi connectivity index (χ2v) is 6.92. The van der Waals surface area contributed by atoms with E-state index in [9.17, 15) is 9.59 Å². The molecule has 2 amide bonds. The zero-order valence-electron chi connectivity index (χ0n) is 17.6. The summed E-state index contributed by atoms with van der Waals surface area (Å²) in [6, 6.07) is 14.1. The van der Waals surface area contributed by atoms with Crippen LogP contribution in [0.25, 0.3) is 11.5 Å². The molecule has 1 heterocycles. The Morgan fingerprint density at radius 2 is 1.80 bits per heavy atom. The van der Waals surface area contributed by atoms with Crippen LogP contribution < -0.4 is 5.32 Å². The lowest BCUT2D eigenvalue weighted by atomic mass is 10.1. The van der Waals surface area contributed by atoms with E-state index in [4.69, 9.17) is 9.15 Å². The Kier molecular flexibility index (Phi) is 6.51. The van der Waals surface area contributed by atoms with Gasteiger partial charge < -0.3 is 19.4 Å². The fraction of sp³-hybridized carbons (Fsp3) is 0.261. The van der Waals surface area contributed by atoms with Crippen molar-refractivity contribution in [2.24, 2.45) is 0 Å². The number of amides is 2. The third-order valence-electron chi connectivity index (χ3n) is 4.65. The SMILES string of the molecule is CCOC(=O)c1ccc(NC(=O)N(C)Cc2nc(-c3ccccc3C)oc2C)cc1. The molecule has 0 aliphatic rings. The van der Waals surface area contributed by atoms with Gasteiger partial charge in [-0.1, -0.05) is 18.2 Å². The van der Waals surface area contributed by atoms with Gasteiger partial charge in [-0.05, 0) is 56.7 Å². The van der Waals surface area contributed by atoms with Gasteiger partial charge in [-0.25, -0.2) is 14.6 Å². The number of aromatic nitrogens is 1. The van der Waals surface area contributed by atoms with E-state index in [0.717, 1.165) is 11.1 Å². The predicted octanol–water partition coefficient (Wildman–Crippen LogP) is 4.80. The molecule has 0 saturated heterocycles. The van der Waals surface area contributed by atoms with Crippen molar-refractivity contribution in [3.8, 4) is 11.5 Å². The minimum atomic E-state index is -0.390. The summed E-state index contributed by atoms with van der Waals surface area (Å²) in [5.74, 6) is 0.828. The lowest BCUT2D eigenvalue weighted by molar-refractivity contribution is 0.0526. The van der Waals surface area contributed by atoms with Gasteiger partial charge in [0.1, 0.15) is 11.5 Å². The van der Waals surface area contributed by atoms with Gasteiger partial charge in [0.15, 0.2) is 0 Å². The van der Waals surface area contributed by atoms with Crippen molar-refractivity contribution >= 4 is 17.7 Å². The number of benzene rings is 2. The summed E-state index contributed by atoms with van der Waals surface area (Å²) < 4.78 is 10.8. The van der Waals surface area contributed by atoms with Crippen molar-refractivity contribution in [1.82, 2.24) is 9.88 Å². The van der Waals surface area contributed by atoms with E-state index in [-0.39, 0.29) is 6.03 Å². The number of nitrogens with one attached hydrogen (secondary N) is 1. The minimum absolute atomic E-state index is 0.293. The molecule has 156 valence electrons. The molecule has 0 aliphatic heterocycles. The van der Waals surface area contributed by atoms with Gasteiger partial charge >= 0.3 is 12.0 Å². The molecule has 0 radical (unpaired) electrons. The first-order valence-electron chi connectivity index (χ1n) is 9.70. The van der Waals surface area contributed by atoms with Crippen LogP contribution in [0.5, 0.6) is 0 Å². The Morgan fingerprint density at radius 3 is 2.47 bits per heavy atom. The van der Waals surface area contributed by atoms with E-state index in [2.05, 4.69) is 10.3 Å². The van der Waals surface area contributed by atoms with Crippen LogP contribution in [0.2, 0.25) is 0 Å². The molecular formula is C23H25N3O4. The fourth-order valence-electron chi connectivity index (χ4n) is 2.92. The normalized spacial score (nSPS) is 10.5. The third-order valence-corrected chi connectivity index (χ3v) is 4.65. The van der Waals surface area contributed by atoms with Crippen LogP contribution in [0, 0.1) is 13.8 Å². The number of anilines is 1. The van der Waals surface area contributed by atoms with E-state index >= 15 is 0 Å². The first-order valence-corrected chi connectivity index (χ1v) is 9.70. The molecule has 0 atom stereocenters. The van der Waals surface area contributed by atoms with Crippen LogP contribution in [-0.4, -0.2) is 35.5 Å². The highest BCUT2D eigenvalue weighted by atomic mass is 16.5. The van der Waals surface area contributed by atoms with Crippen molar-refractivity contribution in [2.45, 2.75) is 27.3 Å². The molecule has 0 unspecified atom stereocenters. The van der Waals surface area contributed by atoms with Crippen LogP contribution in [0.15, 0.2) is 52.9 Å². The zero-order valence-corrected chi connectivity index (χ0v) is 17.6. The molecule has 0 spiro atoms. The Bertz CT molecular complexity index is 1040. The van der Waals surface area contributed by atoms with E-state index in [0.29, 0.717) is 41.7 Å². The monoisotopic (exact) mass is 407 g/mol. The first-order chi connectivity index (χ1) is 14.4. The molecule has 1 N–H and O–H groups in total. The molecule has 2 aromatic carbocycles. The summed E-state index contributed by atoms with van der Waals surface area (Å²) in [6.07, 6.45) is 0. The topological polar surface area (TPSA) is 84.7 Å². The Labute approximate surface area is 175 Å². The molecule has 7 nitrogen and oxygen atoms in total.